The van der Waals surface area contributed by atoms with E-state index in [-0.39, 0.29) is 6.61 Å². The summed E-state index contributed by atoms with van der Waals surface area (Å²) >= 11 is 0. The van der Waals surface area contributed by atoms with E-state index in [2.05, 4.69) is 17.0 Å². The molecule has 1 N–H and O–H groups in total. The summed E-state index contributed by atoms with van der Waals surface area (Å²) in [6.07, 6.45) is 3.68. The number of aliphatic hydroxyl groups excluding tert-OH is 1. The van der Waals surface area contributed by atoms with Gasteiger partial charge in [-0.2, -0.15) is 5.10 Å². The normalized spacial score (nSPS) is 10.4. The zero-order valence-corrected chi connectivity index (χ0v) is 6.69. The Morgan fingerprint density at radius 3 is 3.09 bits per heavy atom. The predicted molar refractivity (Wildman–Crippen MR) is 40.9 cm³/mol. The molecular formula is C7H13N3O. The largest absolute Gasteiger partial charge is 0.388 e. The van der Waals surface area contributed by atoms with Crippen molar-refractivity contribution in [3.05, 3.63) is 12.2 Å². The van der Waals surface area contributed by atoms with Crippen molar-refractivity contribution in [3.8, 4) is 0 Å². The molecule has 62 valence electrons. The molecule has 0 bridgehead atoms. The molecule has 0 aliphatic carbocycles. The first-order valence-corrected chi connectivity index (χ1v) is 3.86. The summed E-state index contributed by atoms with van der Waals surface area (Å²) in [5, 5.41) is 12.8. The third kappa shape index (κ3) is 2.01. The fraction of sp³-hybridized carbons (Fsp3) is 0.714. The second kappa shape index (κ2) is 4.08. The van der Waals surface area contributed by atoms with Gasteiger partial charge in [0.1, 0.15) is 12.9 Å². The monoisotopic (exact) mass is 155 g/mol. The highest BCUT2D eigenvalue weighted by atomic mass is 16.3. The van der Waals surface area contributed by atoms with Crippen molar-refractivity contribution in [1.29, 1.82) is 0 Å². The summed E-state index contributed by atoms with van der Waals surface area (Å²) < 4.78 is 1.74. The SMILES string of the molecule is CCCCn1ncnc1CO. The van der Waals surface area contributed by atoms with Gasteiger partial charge in [0.05, 0.1) is 0 Å². The van der Waals surface area contributed by atoms with Gasteiger partial charge >= 0.3 is 0 Å². The zero-order valence-electron chi connectivity index (χ0n) is 6.69. The zero-order chi connectivity index (χ0) is 8.10. The first-order valence-electron chi connectivity index (χ1n) is 3.86. The quantitative estimate of drug-likeness (QED) is 0.691. The third-order valence-corrected chi connectivity index (χ3v) is 1.56. The second-order valence-corrected chi connectivity index (χ2v) is 2.41. The standard InChI is InChI=1S/C7H13N3O/c1-2-3-4-10-7(5-11)8-6-9-10/h6,11H,2-5H2,1H3. The summed E-state index contributed by atoms with van der Waals surface area (Å²) in [4.78, 5) is 3.89. The number of aromatic nitrogens is 3. The number of hydrogen-bond donors (Lipinski definition) is 1. The molecule has 4 heteroatoms. The van der Waals surface area contributed by atoms with Crippen molar-refractivity contribution >= 4 is 0 Å². The molecule has 0 aliphatic rings. The minimum atomic E-state index is -0.0241. The van der Waals surface area contributed by atoms with Gasteiger partial charge in [0.15, 0.2) is 5.82 Å². The smallest absolute Gasteiger partial charge is 0.152 e. The number of rotatable bonds is 4. The summed E-state index contributed by atoms with van der Waals surface area (Å²) in [5.41, 5.74) is 0. The molecule has 0 aliphatic heterocycles. The second-order valence-electron chi connectivity index (χ2n) is 2.41. The molecule has 1 rings (SSSR count). The van der Waals surface area contributed by atoms with Crippen molar-refractivity contribution in [2.24, 2.45) is 0 Å². The van der Waals surface area contributed by atoms with E-state index in [0.717, 1.165) is 19.4 Å². The lowest BCUT2D eigenvalue weighted by Crippen LogP contribution is -2.05. The third-order valence-electron chi connectivity index (χ3n) is 1.56. The Morgan fingerprint density at radius 2 is 2.45 bits per heavy atom. The molecule has 4 nitrogen and oxygen atoms in total. The molecule has 0 fully saturated rings. The van der Waals surface area contributed by atoms with Crippen molar-refractivity contribution < 1.29 is 5.11 Å². The van der Waals surface area contributed by atoms with Gasteiger partial charge in [-0.25, -0.2) is 9.67 Å². The Hall–Kier alpha value is -0.900. The summed E-state index contributed by atoms with van der Waals surface area (Å²) in [6, 6.07) is 0. The lowest BCUT2D eigenvalue weighted by molar-refractivity contribution is 0.262. The van der Waals surface area contributed by atoms with E-state index in [1.54, 1.807) is 4.68 Å². The van der Waals surface area contributed by atoms with Crippen LogP contribution in [0.5, 0.6) is 0 Å². The van der Waals surface area contributed by atoms with Crippen molar-refractivity contribution in [3.63, 3.8) is 0 Å². The van der Waals surface area contributed by atoms with Crippen LogP contribution < -0.4 is 0 Å². The molecule has 1 aromatic rings. The van der Waals surface area contributed by atoms with Crippen molar-refractivity contribution in [1.82, 2.24) is 14.8 Å². The van der Waals surface area contributed by atoms with E-state index >= 15 is 0 Å². The van der Waals surface area contributed by atoms with E-state index in [9.17, 15) is 0 Å². The van der Waals surface area contributed by atoms with E-state index in [0.29, 0.717) is 5.82 Å². The van der Waals surface area contributed by atoms with Crippen LogP contribution in [0.25, 0.3) is 0 Å². The van der Waals surface area contributed by atoms with Crippen molar-refractivity contribution in [2.75, 3.05) is 0 Å². The molecule has 0 spiro atoms. The highest BCUT2D eigenvalue weighted by Gasteiger charge is 1.99. The molecule has 0 saturated carbocycles. The molecule has 0 amide bonds. The fourth-order valence-corrected chi connectivity index (χ4v) is 0.905. The number of unbranched alkanes of at least 4 members (excludes halogenated alkanes) is 1. The van der Waals surface area contributed by atoms with Gasteiger partial charge in [-0.1, -0.05) is 13.3 Å². The average molecular weight is 155 g/mol. The Kier molecular flexibility index (Phi) is 3.04. The maximum Gasteiger partial charge on any atom is 0.152 e. The van der Waals surface area contributed by atoms with Crippen molar-refractivity contribution in [2.45, 2.75) is 32.9 Å². The molecule has 0 atom stereocenters. The Bertz CT molecular complexity index is 209. The maximum atomic E-state index is 8.78. The van der Waals surface area contributed by atoms with Crippen LogP contribution in [0.4, 0.5) is 0 Å². The minimum Gasteiger partial charge on any atom is -0.388 e. The first kappa shape index (κ1) is 8.20. The van der Waals surface area contributed by atoms with E-state index < -0.39 is 0 Å². The summed E-state index contributed by atoms with van der Waals surface area (Å²) in [6.45, 7) is 2.95. The Labute approximate surface area is 65.9 Å². The lowest BCUT2D eigenvalue weighted by atomic mass is 10.3. The Balaban J connectivity index is 2.54. The molecular weight excluding hydrogens is 142 g/mol. The topological polar surface area (TPSA) is 50.9 Å². The van der Waals surface area contributed by atoms with Gasteiger partial charge in [-0.15, -0.1) is 0 Å². The van der Waals surface area contributed by atoms with Gasteiger partial charge in [0, 0.05) is 6.54 Å². The van der Waals surface area contributed by atoms with E-state index in [1.165, 1.54) is 6.33 Å². The lowest BCUT2D eigenvalue weighted by Gasteiger charge is -2.00. The molecule has 1 aromatic heterocycles. The molecule has 1 heterocycles. The van der Waals surface area contributed by atoms with E-state index in [4.69, 9.17) is 5.11 Å². The van der Waals surface area contributed by atoms with Crippen LogP contribution in [-0.4, -0.2) is 19.9 Å². The molecule has 11 heavy (non-hydrogen) atoms. The van der Waals surface area contributed by atoms with E-state index in [1.807, 2.05) is 0 Å². The summed E-state index contributed by atoms with van der Waals surface area (Å²) in [5.74, 6) is 0.651. The maximum absolute atomic E-state index is 8.78. The molecule has 0 aromatic carbocycles. The Morgan fingerprint density at radius 1 is 1.64 bits per heavy atom. The first-order chi connectivity index (χ1) is 5.38. The highest BCUT2D eigenvalue weighted by molar-refractivity contribution is 4.80. The number of nitrogens with zero attached hydrogens (tertiary/aromatic N) is 3. The van der Waals surface area contributed by atoms with Crippen LogP contribution in [0.3, 0.4) is 0 Å². The minimum absolute atomic E-state index is 0.0241. The van der Waals surface area contributed by atoms with Crippen LogP contribution in [-0.2, 0) is 13.2 Å². The predicted octanol–water partition coefficient (Wildman–Crippen LogP) is 0.571. The number of aliphatic hydroxyl groups is 1. The van der Waals surface area contributed by atoms with Crippen LogP contribution >= 0.6 is 0 Å². The number of aryl methyl sites for hydroxylation is 1. The summed E-state index contributed by atoms with van der Waals surface area (Å²) in [7, 11) is 0. The highest BCUT2D eigenvalue weighted by Crippen LogP contribution is 1.97. The van der Waals surface area contributed by atoms with Crippen LogP contribution in [0.15, 0.2) is 6.33 Å². The molecule has 0 unspecified atom stereocenters. The van der Waals surface area contributed by atoms with Crippen LogP contribution in [0, 0.1) is 0 Å². The van der Waals surface area contributed by atoms with Crippen LogP contribution in [0.1, 0.15) is 25.6 Å². The van der Waals surface area contributed by atoms with Crippen LogP contribution in [0.2, 0.25) is 0 Å². The van der Waals surface area contributed by atoms with Gasteiger partial charge in [0.25, 0.3) is 0 Å². The molecule has 0 radical (unpaired) electrons. The van der Waals surface area contributed by atoms with Gasteiger partial charge < -0.3 is 5.11 Å². The average Bonchev–Trinajstić information content (AvgIpc) is 2.47. The van der Waals surface area contributed by atoms with Gasteiger partial charge in [0.2, 0.25) is 0 Å². The van der Waals surface area contributed by atoms with Gasteiger partial charge in [-0.3, -0.25) is 0 Å². The number of hydrogen-bond acceptors (Lipinski definition) is 3. The fourth-order valence-electron chi connectivity index (χ4n) is 0.905. The molecule has 0 saturated heterocycles. The van der Waals surface area contributed by atoms with Gasteiger partial charge in [-0.05, 0) is 6.42 Å².